The highest BCUT2D eigenvalue weighted by Gasteiger charge is 2.12. The van der Waals surface area contributed by atoms with Crippen molar-refractivity contribution in [3.05, 3.63) is 71.5 Å². The first-order valence-corrected chi connectivity index (χ1v) is 7.09. The Bertz CT molecular complexity index is 505. The van der Waals surface area contributed by atoms with Gasteiger partial charge in [-0.2, -0.15) is 0 Å². The van der Waals surface area contributed by atoms with Gasteiger partial charge in [0.15, 0.2) is 0 Å². The molecule has 106 valence electrons. The lowest BCUT2D eigenvalue weighted by molar-refractivity contribution is 0.380. The Hall–Kier alpha value is -1.67. The summed E-state index contributed by atoms with van der Waals surface area (Å²) in [5, 5.41) is 0. The van der Waals surface area contributed by atoms with E-state index in [1.165, 1.54) is 11.1 Å². The summed E-state index contributed by atoms with van der Waals surface area (Å²) in [7, 11) is 4.19. The van der Waals surface area contributed by atoms with Gasteiger partial charge in [0.25, 0.3) is 0 Å². The highest BCUT2D eigenvalue weighted by molar-refractivity contribution is 5.24. The Morgan fingerprint density at radius 1 is 0.950 bits per heavy atom. The molecule has 2 aromatic rings. The van der Waals surface area contributed by atoms with Gasteiger partial charge < -0.3 is 4.90 Å². The van der Waals surface area contributed by atoms with Crippen molar-refractivity contribution in [1.82, 2.24) is 4.90 Å². The molecule has 1 unspecified atom stereocenters. The fourth-order valence-corrected chi connectivity index (χ4v) is 2.43. The van der Waals surface area contributed by atoms with Gasteiger partial charge in [0.2, 0.25) is 0 Å². The van der Waals surface area contributed by atoms with Gasteiger partial charge in [-0.05, 0) is 62.7 Å². The van der Waals surface area contributed by atoms with Crippen LogP contribution in [0.4, 0.5) is 4.39 Å². The molecule has 0 N–H and O–H groups in total. The molecule has 0 amide bonds. The van der Waals surface area contributed by atoms with Crippen LogP contribution in [0.1, 0.15) is 23.5 Å². The fourth-order valence-electron chi connectivity index (χ4n) is 2.43. The van der Waals surface area contributed by atoms with Crippen LogP contribution in [-0.4, -0.2) is 25.5 Å². The molecule has 2 heteroatoms. The van der Waals surface area contributed by atoms with Crippen molar-refractivity contribution < 1.29 is 4.39 Å². The first-order valence-electron chi connectivity index (χ1n) is 7.09. The van der Waals surface area contributed by atoms with Crippen LogP contribution in [0.2, 0.25) is 0 Å². The van der Waals surface area contributed by atoms with Gasteiger partial charge in [0.1, 0.15) is 5.82 Å². The zero-order valence-electron chi connectivity index (χ0n) is 12.2. The van der Waals surface area contributed by atoms with Crippen molar-refractivity contribution in [2.45, 2.75) is 18.8 Å². The Morgan fingerprint density at radius 2 is 1.60 bits per heavy atom. The molecule has 0 saturated heterocycles. The summed E-state index contributed by atoms with van der Waals surface area (Å²) < 4.78 is 13.0. The Morgan fingerprint density at radius 3 is 2.20 bits per heavy atom. The van der Waals surface area contributed by atoms with E-state index in [1.54, 1.807) is 12.1 Å². The van der Waals surface area contributed by atoms with E-state index in [0.717, 1.165) is 19.4 Å². The summed E-state index contributed by atoms with van der Waals surface area (Å²) >= 11 is 0. The van der Waals surface area contributed by atoms with Crippen LogP contribution >= 0.6 is 0 Å². The predicted molar refractivity (Wildman–Crippen MR) is 82.5 cm³/mol. The van der Waals surface area contributed by atoms with Gasteiger partial charge in [-0.25, -0.2) is 4.39 Å². The summed E-state index contributed by atoms with van der Waals surface area (Å²) in [6.45, 7) is 1.06. The minimum Gasteiger partial charge on any atom is -0.309 e. The molecular formula is C18H22FN. The third-order valence-electron chi connectivity index (χ3n) is 3.59. The molecule has 0 aromatic heterocycles. The van der Waals surface area contributed by atoms with E-state index in [1.807, 2.05) is 18.2 Å². The Balaban J connectivity index is 2.12. The maximum absolute atomic E-state index is 13.0. The van der Waals surface area contributed by atoms with E-state index >= 15 is 0 Å². The SMILES string of the molecule is CN(C)CCC(Cc1ccc(F)cc1)c1ccccc1. The van der Waals surface area contributed by atoms with E-state index in [2.05, 4.69) is 43.3 Å². The van der Waals surface area contributed by atoms with Crippen molar-refractivity contribution >= 4 is 0 Å². The Kier molecular flexibility index (Phi) is 5.31. The molecular weight excluding hydrogens is 249 g/mol. The largest absolute Gasteiger partial charge is 0.309 e. The van der Waals surface area contributed by atoms with Crippen LogP contribution in [-0.2, 0) is 6.42 Å². The van der Waals surface area contributed by atoms with Gasteiger partial charge in [-0.15, -0.1) is 0 Å². The van der Waals surface area contributed by atoms with E-state index in [9.17, 15) is 4.39 Å². The van der Waals surface area contributed by atoms with Gasteiger partial charge in [-0.1, -0.05) is 42.5 Å². The molecule has 20 heavy (non-hydrogen) atoms. The van der Waals surface area contributed by atoms with Gasteiger partial charge >= 0.3 is 0 Å². The number of halogens is 1. The second kappa shape index (κ2) is 7.20. The smallest absolute Gasteiger partial charge is 0.123 e. The molecule has 1 atom stereocenters. The molecule has 0 radical (unpaired) electrons. The van der Waals surface area contributed by atoms with Crippen molar-refractivity contribution in [2.75, 3.05) is 20.6 Å². The molecule has 0 heterocycles. The number of hydrogen-bond donors (Lipinski definition) is 0. The standard InChI is InChI=1S/C18H22FN/c1-20(2)13-12-17(16-6-4-3-5-7-16)14-15-8-10-18(19)11-9-15/h3-11,17H,12-14H2,1-2H3. The van der Waals surface area contributed by atoms with Crippen molar-refractivity contribution in [3.8, 4) is 0 Å². The molecule has 2 aromatic carbocycles. The molecule has 0 saturated carbocycles. The maximum Gasteiger partial charge on any atom is 0.123 e. The minimum atomic E-state index is -0.168. The van der Waals surface area contributed by atoms with E-state index < -0.39 is 0 Å². The van der Waals surface area contributed by atoms with Crippen molar-refractivity contribution in [1.29, 1.82) is 0 Å². The van der Waals surface area contributed by atoms with Crippen LogP contribution in [0.25, 0.3) is 0 Å². The first kappa shape index (κ1) is 14.7. The quantitative estimate of drug-likeness (QED) is 0.764. The lowest BCUT2D eigenvalue weighted by Gasteiger charge is -2.20. The predicted octanol–water partition coefficient (Wildman–Crippen LogP) is 4.10. The lowest BCUT2D eigenvalue weighted by atomic mass is 9.89. The third kappa shape index (κ3) is 4.46. The minimum absolute atomic E-state index is 0.168. The number of benzene rings is 2. The summed E-state index contributed by atoms with van der Waals surface area (Å²) in [4.78, 5) is 2.21. The second-order valence-corrected chi connectivity index (χ2v) is 5.53. The summed E-state index contributed by atoms with van der Waals surface area (Å²) in [6, 6.07) is 17.5. The lowest BCUT2D eigenvalue weighted by Crippen LogP contribution is -2.17. The number of nitrogens with zero attached hydrogens (tertiary/aromatic N) is 1. The number of hydrogen-bond acceptors (Lipinski definition) is 1. The van der Waals surface area contributed by atoms with Crippen LogP contribution in [0.15, 0.2) is 54.6 Å². The van der Waals surface area contributed by atoms with Crippen LogP contribution < -0.4 is 0 Å². The average Bonchev–Trinajstić information content (AvgIpc) is 2.46. The second-order valence-electron chi connectivity index (χ2n) is 5.53. The molecule has 2 rings (SSSR count). The summed E-state index contributed by atoms with van der Waals surface area (Å²) in [5.41, 5.74) is 2.55. The topological polar surface area (TPSA) is 3.24 Å². The molecule has 0 aliphatic heterocycles. The van der Waals surface area contributed by atoms with Gasteiger partial charge in [-0.3, -0.25) is 0 Å². The number of rotatable bonds is 6. The van der Waals surface area contributed by atoms with E-state index in [0.29, 0.717) is 5.92 Å². The van der Waals surface area contributed by atoms with E-state index in [-0.39, 0.29) is 5.82 Å². The van der Waals surface area contributed by atoms with Crippen molar-refractivity contribution in [2.24, 2.45) is 0 Å². The van der Waals surface area contributed by atoms with Crippen LogP contribution in [0, 0.1) is 5.82 Å². The normalized spacial score (nSPS) is 12.6. The van der Waals surface area contributed by atoms with E-state index in [4.69, 9.17) is 0 Å². The first-order chi connectivity index (χ1) is 9.65. The molecule has 1 nitrogen and oxygen atoms in total. The molecule has 0 spiro atoms. The zero-order valence-corrected chi connectivity index (χ0v) is 12.2. The molecule has 0 bridgehead atoms. The highest BCUT2D eigenvalue weighted by Crippen LogP contribution is 2.24. The summed E-state index contributed by atoms with van der Waals surface area (Å²) in [5.74, 6) is 0.308. The monoisotopic (exact) mass is 271 g/mol. The third-order valence-corrected chi connectivity index (χ3v) is 3.59. The van der Waals surface area contributed by atoms with Crippen LogP contribution in [0.5, 0.6) is 0 Å². The fraction of sp³-hybridized carbons (Fsp3) is 0.333. The Labute approximate surface area is 121 Å². The van der Waals surface area contributed by atoms with Crippen LogP contribution in [0.3, 0.4) is 0 Å². The van der Waals surface area contributed by atoms with Gasteiger partial charge in [0, 0.05) is 0 Å². The zero-order chi connectivity index (χ0) is 14.4. The molecule has 0 aliphatic carbocycles. The van der Waals surface area contributed by atoms with Crippen molar-refractivity contribution in [3.63, 3.8) is 0 Å². The molecule has 0 fully saturated rings. The summed E-state index contributed by atoms with van der Waals surface area (Å²) in [6.07, 6.45) is 2.06. The maximum atomic E-state index is 13.0. The average molecular weight is 271 g/mol. The highest BCUT2D eigenvalue weighted by atomic mass is 19.1. The van der Waals surface area contributed by atoms with Gasteiger partial charge in [0.05, 0.1) is 0 Å². The molecule has 0 aliphatic rings.